The molecular formula is C26H37ClN2O3. The number of hydrogen-bond acceptors (Lipinski definition) is 3. The summed E-state index contributed by atoms with van der Waals surface area (Å²) >= 11 is 6.01. The third-order valence-electron chi connectivity index (χ3n) is 6.69. The molecule has 5 nitrogen and oxygen atoms in total. The number of carbonyl (C=O) groups excluding carboxylic acids is 2. The van der Waals surface area contributed by atoms with Crippen molar-refractivity contribution in [1.82, 2.24) is 10.2 Å². The predicted molar refractivity (Wildman–Crippen MR) is 129 cm³/mol. The molecule has 0 heterocycles. The molecule has 1 saturated carbocycles. The fourth-order valence-electron chi connectivity index (χ4n) is 4.83. The first-order chi connectivity index (χ1) is 15.6. The highest BCUT2D eigenvalue weighted by molar-refractivity contribution is 6.27. The van der Waals surface area contributed by atoms with Gasteiger partial charge in [0, 0.05) is 12.6 Å². The van der Waals surface area contributed by atoms with Gasteiger partial charge in [-0.15, -0.1) is 11.6 Å². The van der Waals surface area contributed by atoms with Crippen molar-refractivity contribution < 1.29 is 14.3 Å². The van der Waals surface area contributed by atoms with Gasteiger partial charge in [0.1, 0.15) is 17.7 Å². The van der Waals surface area contributed by atoms with Crippen molar-refractivity contribution in [2.45, 2.75) is 82.7 Å². The van der Waals surface area contributed by atoms with Crippen LogP contribution >= 0.6 is 11.6 Å². The second kappa shape index (κ2) is 12.9. The van der Waals surface area contributed by atoms with Crippen LogP contribution in [0.4, 0.5) is 0 Å². The highest BCUT2D eigenvalue weighted by atomic mass is 35.5. The van der Waals surface area contributed by atoms with Crippen LogP contribution in [0.1, 0.15) is 82.2 Å². The van der Waals surface area contributed by atoms with Gasteiger partial charge in [-0.1, -0.05) is 49.5 Å². The van der Waals surface area contributed by atoms with E-state index < -0.39 is 6.04 Å². The molecule has 1 aromatic rings. The van der Waals surface area contributed by atoms with Crippen LogP contribution in [0.25, 0.3) is 0 Å². The molecule has 1 atom stereocenters. The van der Waals surface area contributed by atoms with Crippen molar-refractivity contribution >= 4 is 23.4 Å². The van der Waals surface area contributed by atoms with E-state index in [0.717, 1.165) is 56.3 Å². The van der Waals surface area contributed by atoms with E-state index in [4.69, 9.17) is 16.3 Å². The van der Waals surface area contributed by atoms with E-state index in [1.807, 2.05) is 24.3 Å². The first kappa shape index (κ1) is 24.6. The van der Waals surface area contributed by atoms with Crippen molar-refractivity contribution in [3.63, 3.8) is 0 Å². The summed E-state index contributed by atoms with van der Waals surface area (Å²) in [5, 5.41) is 3.26. The maximum absolute atomic E-state index is 13.6. The van der Waals surface area contributed by atoms with Crippen LogP contribution < -0.4 is 10.1 Å². The van der Waals surface area contributed by atoms with Crippen LogP contribution in [0.3, 0.4) is 0 Å². The Kier molecular flexibility index (Phi) is 9.91. The molecular weight excluding hydrogens is 424 g/mol. The normalized spacial score (nSPS) is 18.2. The van der Waals surface area contributed by atoms with E-state index in [-0.39, 0.29) is 23.7 Å². The Balaban J connectivity index is 1.84. The third-order valence-corrected chi connectivity index (χ3v) is 6.92. The summed E-state index contributed by atoms with van der Waals surface area (Å²) in [6, 6.07) is 6.91. The molecule has 2 amide bonds. The number of methoxy groups -OCH3 is 1. The number of allylic oxidation sites excluding steroid dienone is 1. The Bertz CT molecular complexity index is 770. The Morgan fingerprint density at radius 3 is 2.41 bits per heavy atom. The second-order valence-corrected chi connectivity index (χ2v) is 9.22. The molecule has 6 heteroatoms. The first-order valence-corrected chi connectivity index (χ1v) is 12.6. The molecule has 0 aromatic heterocycles. The molecule has 176 valence electrons. The van der Waals surface area contributed by atoms with Gasteiger partial charge < -0.3 is 15.0 Å². The highest BCUT2D eigenvalue weighted by Gasteiger charge is 2.32. The summed E-state index contributed by atoms with van der Waals surface area (Å²) in [6.07, 6.45) is 14.4. The Morgan fingerprint density at radius 2 is 1.81 bits per heavy atom. The number of benzene rings is 1. The largest absolute Gasteiger partial charge is 0.497 e. The number of halogens is 1. The van der Waals surface area contributed by atoms with Crippen LogP contribution in [0, 0.1) is 0 Å². The van der Waals surface area contributed by atoms with Crippen molar-refractivity contribution in [3.05, 3.63) is 41.5 Å². The van der Waals surface area contributed by atoms with Crippen LogP contribution in [0.15, 0.2) is 35.9 Å². The maximum atomic E-state index is 13.6. The molecule has 0 bridgehead atoms. The van der Waals surface area contributed by atoms with Gasteiger partial charge in [-0.25, -0.2) is 0 Å². The fourth-order valence-corrected chi connectivity index (χ4v) is 4.99. The molecule has 1 unspecified atom stereocenters. The lowest BCUT2D eigenvalue weighted by atomic mass is 9.96. The molecule has 2 aliphatic carbocycles. The van der Waals surface area contributed by atoms with Gasteiger partial charge in [0.05, 0.1) is 7.11 Å². The lowest BCUT2D eigenvalue weighted by Gasteiger charge is -2.33. The zero-order valence-corrected chi connectivity index (χ0v) is 20.0. The van der Waals surface area contributed by atoms with Crippen molar-refractivity contribution in [2.24, 2.45) is 0 Å². The topological polar surface area (TPSA) is 58.6 Å². The molecule has 0 spiro atoms. The Labute approximate surface area is 197 Å². The van der Waals surface area contributed by atoms with Gasteiger partial charge in [0.2, 0.25) is 11.8 Å². The van der Waals surface area contributed by atoms with Crippen molar-refractivity contribution in [3.8, 4) is 5.75 Å². The van der Waals surface area contributed by atoms with Gasteiger partial charge in [-0.05, 0) is 62.6 Å². The van der Waals surface area contributed by atoms with E-state index >= 15 is 0 Å². The molecule has 2 aliphatic rings. The zero-order chi connectivity index (χ0) is 22.8. The lowest BCUT2D eigenvalue weighted by molar-refractivity contribution is -0.139. The number of carbonyl (C=O) groups is 2. The van der Waals surface area contributed by atoms with Gasteiger partial charge >= 0.3 is 0 Å². The molecule has 32 heavy (non-hydrogen) atoms. The van der Waals surface area contributed by atoms with Gasteiger partial charge in [0.25, 0.3) is 0 Å². The molecule has 1 N–H and O–H groups in total. The number of nitrogens with zero attached hydrogens (tertiary/aromatic N) is 1. The lowest BCUT2D eigenvalue weighted by Crippen LogP contribution is -2.47. The van der Waals surface area contributed by atoms with E-state index in [1.165, 1.54) is 31.3 Å². The van der Waals surface area contributed by atoms with Crippen LogP contribution in [-0.2, 0) is 9.59 Å². The monoisotopic (exact) mass is 460 g/mol. The summed E-state index contributed by atoms with van der Waals surface area (Å²) in [5.41, 5.74) is 2.16. The Morgan fingerprint density at radius 1 is 1.09 bits per heavy atom. The molecule has 3 rings (SSSR count). The number of rotatable bonds is 9. The molecule has 1 aromatic carbocycles. The first-order valence-electron chi connectivity index (χ1n) is 12.1. The van der Waals surface area contributed by atoms with Crippen LogP contribution in [-0.4, -0.2) is 42.3 Å². The smallest absolute Gasteiger partial charge is 0.247 e. The van der Waals surface area contributed by atoms with E-state index in [0.29, 0.717) is 6.54 Å². The summed E-state index contributed by atoms with van der Waals surface area (Å²) in [5.74, 6) is 0.264. The minimum atomic E-state index is -0.695. The maximum Gasteiger partial charge on any atom is 0.247 e. The minimum Gasteiger partial charge on any atom is -0.497 e. The number of amides is 2. The predicted octanol–water partition coefficient (Wildman–Crippen LogP) is 5.53. The summed E-state index contributed by atoms with van der Waals surface area (Å²) in [7, 11) is 1.62. The average molecular weight is 461 g/mol. The number of ether oxygens (including phenoxy) is 1. The van der Waals surface area contributed by atoms with Crippen molar-refractivity contribution in [1.29, 1.82) is 0 Å². The molecule has 0 saturated heterocycles. The second-order valence-electron chi connectivity index (χ2n) is 8.95. The van der Waals surface area contributed by atoms with Gasteiger partial charge in [-0.2, -0.15) is 0 Å². The van der Waals surface area contributed by atoms with Gasteiger partial charge in [0.15, 0.2) is 0 Å². The van der Waals surface area contributed by atoms with E-state index in [2.05, 4.69) is 11.4 Å². The average Bonchev–Trinajstić information content (AvgIpc) is 3.10. The minimum absolute atomic E-state index is 0.113. The number of hydrogen-bond donors (Lipinski definition) is 1. The van der Waals surface area contributed by atoms with E-state index in [9.17, 15) is 9.59 Å². The van der Waals surface area contributed by atoms with Crippen molar-refractivity contribution in [2.75, 3.05) is 19.5 Å². The van der Waals surface area contributed by atoms with E-state index in [1.54, 1.807) is 12.0 Å². The van der Waals surface area contributed by atoms with Gasteiger partial charge in [-0.3, -0.25) is 9.59 Å². The summed E-state index contributed by atoms with van der Waals surface area (Å²) in [6.45, 7) is 0.492. The summed E-state index contributed by atoms with van der Waals surface area (Å²) in [4.78, 5) is 28.2. The number of nitrogens with one attached hydrogen (secondary N) is 1. The standard InChI is InChI=1S/C26H37ClN2O3/c1-32-23-15-13-21(14-16-23)25(26(31)28-22-11-7-2-3-8-12-22)29(24(30)19-27)18-17-20-9-5-4-6-10-20/h9,13-16,22,25H,2-8,10-12,17-19H2,1H3,(H,28,31). The molecule has 1 fully saturated rings. The fraction of sp³-hybridized carbons (Fsp3) is 0.615. The quantitative estimate of drug-likeness (QED) is 0.299. The van der Waals surface area contributed by atoms with Crippen LogP contribution in [0.5, 0.6) is 5.75 Å². The SMILES string of the molecule is COc1ccc(C(C(=O)NC2CCCCCC2)N(CCC2=CCCCC2)C(=O)CCl)cc1. The Hall–Kier alpha value is -2.01. The highest BCUT2D eigenvalue weighted by Crippen LogP contribution is 2.28. The zero-order valence-electron chi connectivity index (χ0n) is 19.3. The summed E-state index contributed by atoms with van der Waals surface area (Å²) < 4.78 is 5.29. The number of alkyl halides is 1. The molecule has 0 radical (unpaired) electrons. The third kappa shape index (κ3) is 6.99. The molecule has 0 aliphatic heterocycles. The van der Waals surface area contributed by atoms with Crippen LogP contribution in [0.2, 0.25) is 0 Å².